The molecule has 1 rings (SSSR count). The SMILES string of the molecule is CC(C)CN(CC(F)(F)F)C(=O)CN1CCCCC1C(C)O. The van der Waals surface area contributed by atoms with Crippen LogP contribution in [-0.2, 0) is 4.79 Å². The number of hydrogen-bond acceptors (Lipinski definition) is 3. The van der Waals surface area contributed by atoms with Gasteiger partial charge in [0.2, 0.25) is 5.91 Å². The summed E-state index contributed by atoms with van der Waals surface area (Å²) in [4.78, 5) is 15.0. The van der Waals surface area contributed by atoms with Gasteiger partial charge in [0.05, 0.1) is 12.6 Å². The lowest BCUT2D eigenvalue weighted by atomic mass is 9.98. The van der Waals surface area contributed by atoms with Crippen molar-refractivity contribution in [3.63, 3.8) is 0 Å². The summed E-state index contributed by atoms with van der Waals surface area (Å²) in [6, 6.07) is -0.149. The molecular formula is C15H27F3N2O2. The fourth-order valence-electron chi connectivity index (χ4n) is 2.94. The summed E-state index contributed by atoms with van der Waals surface area (Å²) in [6.07, 6.45) is -2.34. The van der Waals surface area contributed by atoms with Gasteiger partial charge >= 0.3 is 6.18 Å². The normalized spacial score (nSPS) is 21.9. The highest BCUT2D eigenvalue weighted by atomic mass is 19.4. The molecule has 2 unspecified atom stereocenters. The molecule has 22 heavy (non-hydrogen) atoms. The molecule has 130 valence electrons. The summed E-state index contributed by atoms with van der Waals surface area (Å²) in [7, 11) is 0. The number of rotatable bonds is 6. The van der Waals surface area contributed by atoms with Crippen molar-refractivity contribution in [1.82, 2.24) is 9.80 Å². The Hall–Kier alpha value is -0.820. The molecule has 0 saturated carbocycles. The Morgan fingerprint density at radius 2 is 1.95 bits per heavy atom. The highest BCUT2D eigenvalue weighted by Gasteiger charge is 2.35. The first-order chi connectivity index (χ1) is 10.1. The van der Waals surface area contributed by atoms with E-state index in [1.54, 1.807) is 20.8 Å². The van der Waals surface area contributed by atoms with E-state index < -0.39 is 24.7 Å². The number of aliphatic hydroxyl groups is 1. The van der Waals surface area contributed by atoms with Gasteiger partial charge in [-0.15, -0.1) is 0 Å². The van der Waals surface area contributed by atoms with Crippen LogP contribution < -0.4 is 0 Å². The van der Waals surface area contributed by atoms with Crippen molar-refractivity contribution >= 4 is 5.91 Å². The largest absolute Gasteiger partial charge is 0.406 e. The molecule has 1 aliphatic rings. The van der Waals surface area contributed by atoms with E-state index in [0.717, 1.165) is 24.2 Å². The molecule has 0 radical (unpaired) electrons. The monoisotopic (exact) mass is 324 g/mol. The zero-order valence-corrected chi connectivity index (χ0v) is 13.6. The maximum atomic E-state index is 12.7. The van der Waals surface area contributed by atoms with E-state index in [9.17, 15) is 23.1 Å². The van der Waals surface area contributed by atoms with Crippen molar-refractivity contribution in [3.05, 3.63) is 0 Å². The number of carbonyl (C=O) groups excluding carboxylic acids is 1. The first-order valence-electron chi connectivity index (χ1n) is 7.86. The van der Waals surface area contributed by atoms with Gasteiger partial charge in [-0.25, -0.2) is 0 Å². The second-order valence-electron chi connectivity index (χ2n) is 6.56. The third-order valence-electron chi connectivity index (χ3n) is 3.87. The topological polar surface area (TPSA) is 43.8 Å². The summed E-state index contributed by atoms with van der Waals surface area (Å²) in [5, 5.41) is 9.78. The Balaban J connectivity index is 2.71. The maximum absolute atomic E-state index is 12.7. The Kier molecular flexibility index (Phi) is 7.12. The summed E-state index contributed by atoms with van der Waals surface area (Å²) in [5.41, 5.74) is 0. The molecule has 0 spiro atoms. The second kappa shape index (κ2) is 8.15. The Morgan fingerprint density at radius 3 is 2.45 bits per heavy atom. The molecule has 0 aromatic carbocycles. The number of amides is 1. The minimum atomic E-state index is -4.39. The quantitative estimate of drug-likeness (QED) is 0.815. The van der Waals surface area contributed by atoms with Gasteiger partial charge in [0.25, 0.3) is 0 Å². The number of aliphatic hydroxyl groups excluding tert-OH is 1. The predicted molar refractivity (Wildman–Crippen MR) is 78.4 cm³/mol. The molecule has 1 amide bonds. The number of piperidine rings is 1. The number of likely N-dealkylation sites (tertiary alicyclic amines) is 1. The molecule has 4 nitrogen and oxygen atoms in total. The van der Waals surface area contributed by atoms with Crippen LogP contribution in [0.5, 0.6) is 0 Å². The van der Waals surface area contributed by atoms with Crippen LogP contribution in [0.4, 0.5) is 13.2 Å². The lowest BCUT2D eigenvalue weighted by Crippen LogP contribution is -2.52. The van der Waals surface area contributed by atoms with Crippen LogP contribution in [0.2, 0.25) is 0 Å². The minimum absolute atomic E-state index is 0.0276. The van der Waals surface area contributed by atoms with E-state index in [1.165, 1.54) is 0 Å². The number of nitrogens with zero attached hydrogens (tertiary/aromatic N) is 2. The first kappa shape index (κ1) is 19.2. The number of carbonyl (C=O) groups is 1. The maximum Gasteiger partial charge on any atom is 0.406 e. The molecule has 1 saturated heterocycles. The van der Waals surface area contributed by atoms with Crippen molar-refractivity contribution in [2.45, 2.75) is 58.4 Å². The highest BCUT2D eigenvalue weighted by Crippen LogP contribution is 2.21. The van der Waals surface area contributed by atoms with Crippen LogP contribution in [-0.4, -0.2) is 65.3 Å². The van der Waals surface area contributed by atoms with Gasteiger partial charge in [0, 0.05) is 12.6 Å². The van der Waals surface area contributed by atoms with Crippen LogP contribution in [0.1, 0.15) is 40.0 Å². The van der Waals surface area contributed by atoms with E-state index in [-0.39, 0.29) is 25.0 Å². The fourth-order valence-corrected chi connectivity index (χ4v) is 2.94. The molecule has 1 fully saturated rings. The summed E-state index contributed by atoms with van der Waals surface area (Å²) in [5.74, 6) is -0.543. The van der Waals surface area contributed by atoms with Gasteiger partial charge in [-0.2, -0.15) is 13.2 Å². The van der Waals surface area contributed by atoms with Gasteiger partial charge < -0.3 is 10.0 Å². The van der Waals surface area contributed by atoms with Crippen LogP contribution >= 0.6 is 0 Å². The molecule has 1 N–H and O–H groups in total. The molecule has 1 aliphatic heterocycles. The van der Waals surface area contributed by atoms with Crippen LogP contribution in [0.3, 0.4) is 0 Å². The second-order valence-corrected chi connectivity index (χ2v) is 6.56. The lowest BCUT2D eigenvalue weighted by Gasteiger charge is -2.38. The summed E-state index contributed by atoms with van der Waals surface area (Å²) in [6.45, 7) is 4.70. The summed E-state index contributed by atoms with van der Waals surface area (Å²) >= 11 is 0. The molecule has 0 aromatic heterocycles. The lowest BCUT2D eigenvalue weighted by molar-refractivity contribution is -0.163. The van der Waals surface area contributed by atoms with Gasteiger partial charge in [0.15, 0.2) is 0 Å². The van der Waals surface area contributed by atoms with E-state index in [4.69, 9.17) is 0 Å². The van der Waals surface area contributed by atoms with E-state index in [0.29, 0.717) is 6.54 Å². The summed E-state index contributed by atoms with van der Waals surface area (Å²) < 4.78 is 38.0. The van der Waals surface area contributed by atoms with Crippen LogP contribution in [0.25, 0.3) is 0 Å². The minimum Gasteiger partial charge on any atom is -0.392 e. The average molecular weight is 324 g/mol. The van der Waals surface area contributed by atoms with Crippen LogP contribution in [0, 0.1) is 5.92 Å². The molecule has 0 aromatic rings. The smallest absolute Gasteiger partial charge is 0.392 e. The highest BCUT2D eigenvalue weighted by molar-refractivity contribution is 5.78. The predicted octanol–water partition coefficient (Wildman–Crippen LogP) is 2.27. The number of alkyl halides is 3. The Bertz CT molecular complexity index is 359. The van der Waals surface area contributed by atoms with Crippen molar-refractivity contribution in [2.75, 3.05) is 26.2 Å². The van der Waals surface area contributed by atoms with Crippen molar-refractivity contribution < 1.29 is 23.1 Å². The van der Waals surface area contributed by atoms with Crippen molar-refractivity contribution in [2.24, 2.45) is 5.92 Å². The molecule has 0 aliphatic carbocycles. The van der Waals surface area contributed by atoms with E-state index in [2.05, 4.69) is 0 Å². The van der Waals surface area contributed by atoms with Crippen molar-refractivity contribution in [3.8, 4) is 0 Å². The molecular weight excluding hydrogens is 297 g/mol. The van der Waals surface area contributed by atoms with Crippen molar-refractivity contribution in [1.29, 1.82) is 0 Å². The van der Waals surface area contributed by atoms with Gasteiger partial charge in [-0.05, 0) is 32.2 Å². The van der Waals surface area contributed by atoms with Crippen LogP contribution in [0.15, 0.2) is 0 Å². The number of halogens is 3. The zero-order valence-electron chi connectivity index (χ0n) is 13.6. The Morgan fingerprint density at radius 1 is 1.32 bits per heavy atom. The Labute approximate surface area is 130 Å². The third-order valence-corrected chi connectivity index (χ3v) is 3.87. The standard InChI is InChI=1S/C15H27F3N2O2/c1-11(2)8-20(10-15(16,17)18)14(22)9-19-7-5-4-6-13(19)12(3)21/h11-13,21H,4-10H2,1-3H3. The average Bonchev–Trinajstić information content (AvgIpc) is 2.36. The fraction of sp³-hybridized carbons (Fsp3) is 0.933. The van der Waals surface area contributed by atoms with E-state index >= 15 is 0 Å². The third kappa shape index (κ3) is 6.52. The van der Waals surface area contributed by atoms with Gasteiger partial charge in [-0.3, -0.25) is 9.69 Å². The van der Waals surface area contributed by atoms with E-state index in [1.807, 2.05) is 4.90 Å². The van der Waals surface area contributed by atoms with Gasteiger partial charge in [0.1, 0.15) is 6.54 Å². The molecule has 7 heteroatoms. The molecule has 2 atom stereocenters. The first-order valence-corrected chi connectivity index (χ1v) is 7.86. The molecule has 1 heterocycles. The van der Waals surface area contributed by atoms with Gasteiger partial charge in [-0.1, -0.05) is 20.3 Å². The molecule has 0 bridgehead atoms. The number of hydrogen-bond donors (Lipinski definition) is 1. The zero-order chi connectivity index (χ0) is 16.9.